The van der Waals surface area contributed by atoms with Crippen LogP contribution in [0, 0.1) is 11.3 Å². The molecule has 2 aliphatic heterocycles. The highest BCUT2D eigenvalue weighted by Crippen LogP contribution is 2.39. The topological polar surface area (TPSA) is 140 Å². The number of pyridine rings is 2. The number of likely N-dealkylation sites (N-methyl/N-ethyl adjacent to an activating group) is 1. The van der Waals surface area contributed by atoms with E-state index in [1.54, 1.807) is 35.0 Å². The van der Waals surface area contributed by atoms with Crippen molar-refractivity contribution in [3.63, 3.8) is 0 Å². The Bertz CT molecular complexity index is 1440. The molecule has 0 bridgehead atoms. The average Bonchev–Trinajstić information content (AvgIpc) is 2.92. The highest BCUT2D eigenvalue weighted by Gasteiger charge is 2.40. The lowest BCUT2D eigenvalue weighted by atomic mass is 10.0. The number of aromatic nitrogens is 4. The maximum absolute atomic E-state index is 13.0. The van der Waals surface area contributed by atoms with Gasteiger partial charge in [-0.15, -0.1) is 0 Å². The molecule has 0 spiro atoms. The summed E-state index contributed by atoms with van der Waals surface area (Å²) in [6, 6.07) is 6.25. The molecule has 5 heterocycles. The largest absolute Gasteiger partial charge is 0.437 e. The van der Waals surface area contributed by atoms with Gasteiger partial charge in [0.1, 0.15) is 17.4 Å². The van der Waals surface area contributed by atoms with Crippen molar-refractivity contribution >= 4 is 23.4 Å². The molecule has 3 aromatic heterocycles. The Kier molecular flexibility index (Phi) is 6.92. The fourth-order valence-corrected chi connectivity index (χ4v) is 4.50. The highest BCUT2D eigenvalue weighted by molar-refractivity contribution is 6.05. The van der Waals surface area contributed by atoms with Crippen molar-refractivity contribution in [3.05, 3.63) is 53.1 Å². The zero-order valence-electron chi connectivity index (χ0n) is 20.7. The van der Waals surface area contributed by atoms with Gasteiger partial charge in [0.05, 0.1) is 30.5 Å². The number of nitrogens with one attached hydrogen (secondary N) is 1. The predicted molar refractivity (Wildman–Crippen MR) is 132 cm³/mol. The van der Waals surface area contributed by atoms with Crippen molar-refractivity contribution in [1.29, 1.82) is 5.26 Å². The molecule has 0 aliphatic carbocycles. The van der Waals surface area contributed by atoms with Gasteiger partial charge in [0.25, 0.3) is 5.91 Å². The minimum Gasteiger partial charge on any atom is -0.437 e. The van der Waals surface area contributed by atoms with E-state index in [0.717, 1.165) is 29.8 Å². The molecule has 0 radical (unpaired) electrons. The fraction of sp³-hybridized carbons (Fsp3) is 0.360. The number of hydrogen-bond acceptors (Lipinski definition) is 10. The standard InChI is InChI=1S/C25H23F3N8O3/c1-35-17(13-37)23(38)36-10-2-3-16-21(36)22(35)34-24(33-16)31-12-14-4-7-20(30-11-14)39-18-5-6-19(25(26,27)28)32-15(18)8-9-29/h4-7,11,17,37H,2-3,8,10,12-13H2,1H3,(H,31,33,34)/t17-/m0/s1. The normalized spacial score (nSPS) is 16.5. The number of aliphatic hydroxyl groups is 1. The van der Waals surface area contributed by atoms with Gasteiger partial charge in [-0.1, -0.05) is 6.07 Å². The molecule has 0 unspecified atom stereocenters. The molecule has 2 aliphatic rings. The number of alkyl halides is 3. The van der Waals surface area contributed by atoms with Crippen LogP contribution in [0.4, 0.5) is 30.6 Å². The van der Waals surface area contributed by atoms with Gasteiger partial charge in [-0.2, -0.15) is 23.4 Å². The second kappa shape index (κ2) is 10.3. The Morgan fingerprint density at radius 3 is 2.74 bits per heavy atom. The number of aliphatic hydroxyl groups excluding tert-OH is 1. The lowest BCUT2D eigenvalue weighted by Crippen LogP contribution is -2.55. The van der Waals surface area contributed by atoms with Gasteiger partial charge in [0.15, 0.2) is 11.6 Å². The summed E-state index contributed by atoms with van der Waals surface area (Å²) < 4.78 is 44.5. The number of carbonyl (C=O) groups is 1. The molecule has 3 aromatic rings. The number of amides is 1. The molecule has 2 N–H and O–H groups in total. The Morgan fingerprint density at radius 2 is 2.05 bits per heavy atom. The second-order valence-corrected chi connectivity index (χ2v) is 9.00. The van der Waals surface area contributed by atoms with Crippen LogP contribution in [0.5, 0.6) is 11.6 Å². The third kappa shape index (κ3) is 5.13. The van der Waals surface area contributed by atoms with Crippen LogP contribution in [0.2, 0.25) is 0 Å². The first-order valence-electron chi connectivity index (χ1n) is 12.1. The minimum absolute atomic E-state index is 0.0113. The quantitative estimate of drug-likeness (QED) is 0.460. The van der Waals surface area contributed by atoms with E-state index in [1.807, 2.05) is 0 Å². The first-order valence-corrected chi connectivity index (χ1v) is 12.1. The molecule has 1 atom stereocenters. The fourth-order valence-electron chi connectivity index (χ4n) is 4.50. The lowest BCUT2D eigenvalue weighted by Gasteiger charge is -2.42. The first kappa shape index (κ1) is 26.1. The molecule has 0 saturated heterocycles. The molecule has 5 rings (SSSR count). The van der Waals surface area contributed by atoms with Gasteiger partial charge in [0, 0.05) is 32.4 Å². The van der Waals surface area contributed by atoms with E-state index in [0.29, 0.717) is 37.0 Å². The number of rotatable bonds is 7. The second-order valence-electron chi connectivity index (χ2n) is 9.00. The Morgan fingerprint density at radius 1 is 1.23 bits per heavy atom. The molecule has 11 nitrogen and oxygen atoms in total. The summed E-state index contributed by atoms with van der Waals surface area (Å²) in [6.45, 7) is 0.538. The summed E-state index contributed by atoms with van der Waals surface area (Å²) in [5, 5.41) is 21.9. The van der Waals surface area contributed by atoms with Gasteiger partial charge in [0.2, 0.25) is 11.8 Å². The highest BCUT2D eigenvalue weighted by atomic mass is 19.4. The van der Waals surface area contributed by atoms with Gasteiger partial charge >= 0.3 is 6.18 Å². The van der Waals surface area contributed by atoms with E-state index in [-0.39, 0.29) is 36.3 Å². The van der Waals surface area contributed by atoms with E-state index in [9.17, 15) is 23.1 Å². The summed E-state index contributed by atoms with van der Waals surface area (Å²) >= 11 is 0. The van der Waals surface area contributed by atoms with Crippen LogP contribution in [-0.4, -0.2) is 57.2 Å². The maximum Gasteiger partial charge on any atom is 0.433 e. The average molecular weight is 541 g/mol. The summed E-state index contributed by atoms with van der Waals surface area (Å²) in [4.78, 5) is 33.0. The van der Waals surface area contributed by atoms with Crippen LogP contribution < -0.4 is 19.9 Å². The molecule has 1 amide bonds. The molecule has 202 valence electrons. The van der Waals surface area contributed by atoms with Crippen LogP contribution in [-0.2, 0) is 30.4 Å². The third-order valence-electron chi connectivity index (χ3n) is 6.46. The van der Waals surface area contributed by atoms with E-state index in [4.69, 9.17) is 10.00 Å². The van der Waals surface area contributed by atoms with Gasteiger partial charge in [-0.25, -0.2) is 15.0 Å². The first-order chi connectivity index (χ1) is 18.7. The van der Waals surface area contributed by atoms with E-state index >= 15 is 0 Å². The molecule has 0 aromatic carbocycles. The number of halogens is 3. The molecule has 0 fully saturated rings. The van der Waals surface area contributed by atoms with Crippen molar-refractivity contribution in [2.75, 3.05) is 35.3 Å². The Balaban J connectivity index is 1.30. The van der Waals surface area contributed by atoms with Crippen LogP contribution in [0.15, 0.2) is 30.5 Å². The third-order valence-corrected chi connectivity index (χ3v) is 6.46. The number of hydrogen-bond donors (Lipinski definition) is 2. The van der Waals surface area contributed by atoms with Crippen molar-refractivity contribution in [1.82, 2.24) is 19.9 Å². The van der Waals surface area contributed by atoms with Crippen LogP contribution in [0.3, 0.4) is 0 Å². The zero-order chi connectivity index (χ0) is 27.7. The lowest BCUT2D eigenvalue weighted by molar-refractivity contribution is -0.141. The monoisotopic (exact) mass is 540 g/mol. The summed E-state index contributed by atoms with van der Waals surface area (Å²) in [5.74, 6) is 0.896. The van der Waals surface area contributed by atoms with Gasteiger partial charge in [-0.3, -0.25) is 4.79 Å². The van der Waals surface area contributed by atoms with Gasteiger partial charge in [-0.05, 0) is 30.5 Å². The van der Waals surface area contributed by atoms with Crippen molar-refractivity contribution in [3.8, 4) is 17.7 Å². The number of aryl methyl sites for hydroxylation is 1. The van der Waals surface area contributed by atoms with E-state index < -0.39 is 17.9 Å². The molecule has 39 heavy (non-hydrogen) atoms. The SMILES string of the molecule is CN1c2nc(NCc3ccc(Oc4ccc(C(F)(F)F)nc4CC#N)nc3)nc3c2N(CCC3)C(=O)[C@@H]1CO. The maximum atomic E-state index is 13.0. The summed E-state index contributed by atoms with van der Waals surface area (Å²) in [7, 11) is 1.72. The smallest absolute Gasteiger partial charge is 0.433 e. The molecular weight excluding hydrogens is 517 g/mol. The van der Waals surface area contributed by atoms with Crippen molar-refractivity contribution < 1.29 is 27.8 Å². The number of nitrogens with zero attached hydrogens (tertiary/aromatic N) is 7. The van der Waals surface area contributed by atoms with Crippen molar-refractivity contribution in [2.45, 2.75) is 38.0 Å². The van der Waals surface area contributed by atoms with Crippen LogP contribution in [0.25, 0.3) is 0 Å². The van der Waals surface area contributed by atoms with E-state index in [1.165, 1.54) is 6.20 Å². The molecule has 0 saturated carbocycles. The summed E-state index contributed by atoms with van der Waals surface area (Å²) in [6.07, 6.45) is -2.01. The van der Waals surface area contributed by atoms with Crippen molar-refractivity contribution in [2.24, 2.45) is 0 Å². The molecular formula is C25H23F3N8O3. The number of ether oxygens (including phenoxy) is 1. The van der Waals surface area contributed by atoms with Gasteiger partial charge < -0.3 is 25.0 Å². The zero-order valence-corrected chi connectivity index (χ0v) is 20.7. The van der Waals surface area contributed by atoms with E-state index in [2.05, 4.69) is 25.3 Å². The number of anilines is 3. The predicted octanol–water partition coefficient (Wildman–Crippen LogP) is 2.85. The minimum atomic E-state index is -4.64. The molecule has 14 heteroatoms. The Hall–Kier alpha value is -4.51. The van der Waals surface area contributed by atoms with Crippen LogP contribution >= 0.6 is 0 Å². The number of carbonyl (C=O) groups excluding carboxylic acids is 1. The van der Waals surface area contributed by atoms with Crippen LogP contribution in [0.1, 0.15) is 29.1 Å². The number of nitriles is 1. The Labute approximate surface area is 220 Å². The summed E-state index contributed by atoms with van der Waals surface area (Å²) in [5.41, 5.74) is 0.942.